The molecule has 0 bridgehead atoms. The second-order valence-electron chi connectivity index (χ2n) is 3.58. The Morgan fingerprint density at radius 1 is 1.64 bits per heavy atom. The lowest BCUT2D eigenvalue weighted by atomic mass is 10.3. The van der Waals surface area contributed by atoms with E-state index in [9.17, 15) is 9.59 Å². The average molecular weight is 196 g/mol. The highest BCUT2D eigenvalue weighted by molar-refractivity contribution is 5.91. The van der Waals surface area contributed by atoms with Crippen LogP contribution >= 0.6 is 0 Å². The molecule has 2 rings (SSSR count). The minimum absolute atomic E-state index is 0.0573. The number of carbonyl (C=O) groups is 1. The fraction of sp³-hybridized carbons (Fsp3) is 0.667. The maximum Gasteiger partial charge on any atom is 0.437 e. The van der Waals surface area contributed by atoms with Gasteiger partial charge in [-0.1, -0.05) is 6.92 Å². The number of rotatable bonds is 4. The molecular formula is C9H12N2O3. The minimum Gasteiger partial charge on any atom is -0.384 e. The van der Waals surface area contributed by atoms with Gasteiger partial charge in [-0.15, -0.1) is 5.10 Å². The van der Waals surface area contributed by atoms with Crippen LogP contribution in [-0.2, 0) is 6.54 Å². The summed E-state index contributed by atoms with van der Waals surface area (Å²) < 4.78 is 5.99. The molecule has 0 unspecified atom stereocenters. The normalized spacial score (nSPS) is 15.8. The van der Waals surface area contributed by atoms with Crippen molar-refractivity contribution in [3.05, 3.63) is 16.4 Å². The molecule has 1 aromatic heterocycles. The summed E-state index contributed by atoms with van der Waals surface area (Å²) in [6.45, 7) is 2.29. The lowest BCUT2D eigenvalue weighted by Crippen LogP contribution is -2.16. The van der Waals surface area contributed by atoms with Gasteiger partial charge < -0.3 is 4.42 Å². The van der Waals surface area contributed by atoms with Crippen LogP contribution in [0.15, 0.2) is 9.21 Å². The molecule has 5 nitrogen and oxygen atoms in total. The molecular weight excluding hydrogens is 184 g/mol. The Labute approximate surface area is 80.7 Å². The molecule has 0 aliphatic heterocycles. The van der Waals surface area contributed by atoms with Gasteiger partial charge in [0.25, 0.3) is 5.89 Å². The van der Waals surface area contributed by atoms with E-state index in [0.717, 1.165) is 12.8 Å². The number of aromatic nitrogens is 2. The van der Waals surface area contributed by atoms with Crippen molar-refractivity contribution in [2.24, 2.45) is 5.92 Å². The molecule has 1 heterocycles. The van der Waals surface area contributed by atoms with Crippen LogP contribution in [0.1, 0.15) is 36.9 Å². The van der Waals surface area contributed by atoms with Gasteiger partial charge in [-0.3, -0.25) is 4.79 Å². The van der Waals surface area contributed by atoms with Crippen LogP contribution < -0.4 is 5.76 Å². The van der Waals surface area contributed by atoms with E-state index in [1.54, 1.807) is 6.92 Å². The highest BCUT2D eigenvalue weighted by atomic mass is 16.4. The van der Waals surface area contributed by atoms with Crippen LogP contribution in [0.4, 0.5) is 0 Å². The number of hydrogen-bond donors (Lipinski definition) is 0. The van der Waals surface area contributed by atoms with E-state index in [0.29, 0.717) is 18.9 Å². The largest absolute Gasteiger partial charge is 0.437 e. The Morgan fingerprint density at radius 2 is 2.36 bits per heavy atom. The summed E-state index contributed by atoms with van der Waals surface area (Å²) in [5, 5.41) is 3.85. The van der Waals surface area contributed by atoms with Crippen LogP contribution in [0.2, 0.25) is 0 Å². The van der Waals surface area contributed by atoms with E-state index in [4.69, 9.17) is 4.42 Å². The van der Waals surface area contributed by atoms with Gasteiger partial charge in [-0.2, -0.15) is 4.68 Å². The Balaban J connectivity index is 2.19. The number of Topliss-reactive ketones (excluding diaryl/α,β-unsaturated/α-hetero) is 1. The summed E-state index contributed by atoms with van der Waals surface area (Å²) >= 11 is 0. The third kappa shape index (κ3) is 1.76. The fourth-order valence-electron chi connectivity index (χ4n) is 1.23. The van der Waals surface area contributed by atoms with Crippen LogP contribution in [0.5, 0.6) is 0 Å². The summed E-state index contributed by atoms with van der Waals surface area (Å²) in [6, 6.07) is 0. The standard InChI is InChI=1S/C9H12N2O3/c1-2-7(12)8-10-11(9(13)14-8)5-6-3-4-6/h6H,2-5H2,1H3. The van der Waals surface area contributed by atoms with E-state index in [1.807, 2.05) is 0 Å². The van der Waals surface area contributed by atoms with Crippen molar-refractivity contribution in [2.45, 2.75) is 32.7 Å². The first-order valence-electron chi connectivity index (χ1n) is 4.82. The topological polar surface area (TPSA) is 65.1 Å². The van der Waals surface area contributed by atoms with Crippen molar-refractivity contribution in [3.8, 4) is 0 Å². The molecule has 0 saturated heterocycles. The molecule has 1 aliphatic carbocycles. The molecule has 0 N–H and O–H groups in total. The molecule has 0 spiro atoms. The van der Waals surface area contributed by atoms with Gasteiger partial charge in [0.05, 0.1) is 6.54 Å². The van der Waals surface area contributed by atoms with Gasteiger partial charge in [0.15, 0.2) is 0 Å². The predicted octanol–water partition coefficient (Wildman–Crippen LogP) is 0.839. The van der Waals surface area contributed by atoms with E-state index >= 15 is 0 Å². The van der Waals surface area contributed by atoms with Crippen molar-refractivity contribution >= 4 is 5.78 Å². The van der Waals surface area contributed by atoms with Gasteiger partial charge in [0, 0.05) is 6.42 Å². The molecule has 0 radical (unpaired) electrons. The number of nitrogens with zero attached hydrogens (tertiary/aromatic N) is 2. The Hall–Kier alpha value is -1.39. The van der Waals surface area contributed by atoms with Gasteiger partial charge in [-0.05, 0) is 18.8 Å². The van der Waals surface area contributed by atoms with Gasteiger partial charge in [-0.25, -0.2) is 4.79 Å². The number of ketones is 1. The minimum atomic E-state index is -0.520. The van der Waals surface area contributed by atoms with Crippen LogP contribution in [0.25, 0.3) is 0 Å². The van der Waals surface area contributed by atoms with Gasteiger partial charge in [0.1, 0.15) is 0 Å². The summed E-state index contributed by atoms with van der Waals surface area (Å²) in [6.07, 6.45) is 2.58. The number of carbonyl (C=O) groups excluding carboxylic acids is 1. The third-order valence-electron chi connectivity index (χ3n) is 2.29. The lowest BCUT2D eigenvalue weighted by Gasteiger charge is -1.92. The van der Waals surface area contributed by atoms with Crippen molar-refractivity contribution in [2.75, 3.05) is 0 Å². The molecule has 0 aromatic carbocycles. The molecule has 76 valence electrons. The van der Waals surface area contributed by atoms with E-state index in [-0.39, 0.29) is 11.7 Å². The van der Waals surface area contributed by atoms with E-state index < -0.39 is 5.76 Å². The fourth-order valence-corrected chi connectivity index (χ4v) is 1.23. The van der Waals surface area contributed by atoms with Gasteiger partial charge in [0.2, 0.25) is 5.78 Å². The van der Waals surface area contributed by atoms with Crippen molar-refractivity contribution < 1.29 is 9.21 Å². The Bertz CT molecular complexity index is 400. The second-order valence-corrected chi connectivity index (χ2v) is 3.58. The zero-order valence-corrected chi connectivity index (χ0v) is 8.02. The zero-order valence-electron chi connectivity index (χ0n) is 8.02. The first kappa shape index (κ1) is 9.18. The molecule has 1 aromatic rings. The Morgan fingerprint density at radius 3 is 2.93 bits per heavy atom. The summed E-state index contributed by atoms with van der Waals surface area (Å²) in [7, 11) is 0. The summed E-state index contributed by atoms with van der Waals surface area (Å²) in [5.41, 5.74) is 0. The van der Waals surface area contributed by atoms with Crippen LogP contribution in [-0.4, -0.2) is 15.6 Å². The number of hydrogen-bond acceptors (Lipinski definition) is 4. The first-order chi connectivity index (χ1) is 6.70. The SMILES string of the molecule is CCC(=O)c1nn(CC2CC2)c(=O)o1. The molecule has 1 saturated carbocycles. The first-order valence-corrected chi connectivity index (χ1v) is 4.82. The van der Waals surface area contributed by atoms with Crippen molar-refractivity contribution in [3.63, 3.8) is 0 Å². The maximum absolute atomic E-state index is 11.2. The maximum atomic E-state index is 11.2. The molecule has 1 fully saturated rings. The molecule has 0 atom stereocenters. The highest BCUT2D eigenvalue weighted by Crippen LogP contribution is 2.29. The smallest absolute Gasteiger partial charge is 0.384 e. The Kier molecular flexibility index (Phi) is 2.23. The van der Waals surface area contributed by atoms with Crippen LogP contribution in [0.3, 0.4) is 0 Å². The summed E-state index contributed by atoms with van der Waals surface area (Å²) in [4.78, 5) is 22.4. The van der Waals surface area contributed by atoms with Crippen LogP contribution in [0, 0.1) is 5.92 Å². The average Bonchev–Trinajstić information content (AvgIpc) is 2.91. The van der Waals surface area contributed by atoms with Crippen molar-refractivity contribution in [1.29, 1.82) is 0 Å². The van der Waals surface area contributed by atoms with E-state index in [2.05, 4.69) is 5.10 Å². The zero-order chi connectivity index (χ0) is 10.1. The van der Waals surface area contributed by atoms with Crippen molar-refractivity contribution in [1.82, 2.24) is 9.78 Å². The lowest BCUT2D eigenvalue weighted by molar-refractivity contribution is 0.0953. The monoisotopic (exact) mass is 196 g/mol. The molecule has 0 amide bonds. The van der Waals surface area contributed by atoms with Gasteiger partial charge >= 0.3 is 5.76 Å². The quantitative estimate of drug-likeness (QED) is 0.669. The molecule has 1 aliphatic rings. The highest BCUT2D eigenvalue weighted by Gasteiger charge is 2.24. The predicted molar refractivity (Wildman–Crippen MR) is 48.1 cm³/mol. The molecule has 14 heavy (non-hydrogen) atoms. The second kappa shape index (κ2) is 3.40. The third-order valence-corrected chi connectivity index (χ3v) is 2.29. The summed E-state index contributed by atoms with van der Waals surface area (Å²) in [5.74, 6) is -0.258. The van der Waals surface area contributed by atoms with E-state index in [1.165, 1.54) is 4.68 Å². The molecule has 5 heteroatoms.